The Labute approximate surface area is 197 Å². The smallest absolute Gasteiger partial charge is 0.271 e. The number of ether oxygens (including phenoxy) is 1. The molecule has 1 amide bonds. The molecule has 2 aromatic heterocycles. The Morgan fingerprint density at radius 1 is 1.21 bits per heavy atom. The number of hydrogen-bond acceptors (Lipinski definition) is 6. The molecule has 1 fully saturated rings. The summed E-state index contributed by atoms with van der Waals surface area (Å²) in [7, 11) is -1.52. The molecule has 1 saturated heterocycles. The molecule has 1 atom stereocenters. The molecule has 3 heterocycles. The standard InChI is InChI=1S/C24H25N5O4S/c1-33-18-8-6-16(7-9-18)22-14-21(28-29(22)17-11-13-34(31,32)15-17)24(30)25-12-10-23-26-19-4-2-3-5-20(19)27-23/h2-9,14,17H,10-13,15H2,1H3,(H,25,30)(H,26,27). The fourth-order valence-corrected chi connectivity index (χ4v) is 5.93. The first-order chi connectivity index (χ1) is 16.4. The summed E-state index contributed by atoms with van der Waals surface area (Å²) < 4.78 is 31.1. The molecule has 1 unspecified atom stereocenters. The number of aromatic amines is 1. The highest BCUT2D eigenvalue weighted by Crippen LogP contribution is 2.31. The molecular formula is C24H25N5O4S. The Balaban J connectivity index is 1.35. The molecule has 10 heteroatoms. The van der Waals surface area contributed by atoms with Crippen molar-refractivity contribution >= 4 is 26.8 Å². The third-order valence-electron chi connectivity index (χ3n) is 5.99. The molecule has 2 aromatic carbocycles. The quantitative estimate of drug-likeness (QED) is 0.421. The lowest BCUT2D eigenvalue weighted by Crippen LogP contribution is -2.26. The van der Waals surface area contributed by atoms with E-state index in [1.807, 2.05) is 48.5 Å². The summed E-state index contributed by atoms with van der Waals surface area (Å²) in [6.07, 6.45) is 1.02. The predicted molar refractivity (Wildman–Crippen MR) is 129 cm³/mol. The fraction of sp³-hybridized carbons (Fsp3) is 0.292. The number of fused-ring (bicyclic) bond motifs is 1. The van der Waals surface area contributed by atoms with E-state index >= 15 is 0 Å². The molecule has 5 rings (SSSR count). The molecular weight excluding hydrogens is 454 g/mol. The Bertz CT molecular complexity index is 1410. The fourth-order valence-electron chi connectivity index (χ4n) is 4.24. The Morgan fingerprint density at radius 3 is 2.71 bits per heavy atom. The van der Waals surface area contributed by atoms with Crippen LogP contribution >= 0.6 is 0 Å². The average Bonchev–Trinajstić information content (AvgIpc) is 3.55. The van der Waals surface area contributed by atoms with Crippen LogP contribution in [0.4, 0.5) is 0 Å². The van der Waals surface area contributed by atoms with Crippen molar-refractivity contribution in [2.75, 3.05) is 25.2 Å². The van der Waals surface area contributed by atoms with Crippen molar-refractivity contribution in [1.29, 1.82) is 0 Å². The lowest BCUT2D eigenvalue weighted by atomic mass is 10.1. The van der Waals surface area contributed by atoms with Crippen molar-refractivity contribution in [3.63, 3.8) is 0 Å². The maximum Gasteiger partial charge on any atom is 0.271 e. The van der Waals surface area contributed by atoms with Gasteiger partial charge in [-0.2, -0.15) is 5.10 Å². The van der Waals surface area contributed by atoms with Crippen LogP contribution in [-0.2, 0) is 16.3 Å². The molecule has 9 nitrogen and oxygen atoms in total. The highest BCUT2D eigenvalue weighted by molar-refractivity contribution is 7.91. The van der Waals surface area contributed by atoms with Gasteiger partial charge >= 0.3 is 0 Å². The number of imidazole rings is 1. The van der Waals surface area contributed by atoms with Gasteiger partial charge in [-0.1, -0.05) is 12.1 Å². The predicted octanol–water partition coefficient (Wildman–Crippen LogP) is 2.77. The van der Waals surface area contributed by atoms with Crippen molar-refractivity contribution in [2.45, 2.75) is 18.9 Å². The van der Waals surface area contributed by atoms with Crippen LogP contribution in [-0.4, -0.2) is 59.2 Å². The van der Waals surface area contributed by atoms with Gasteiger partial charge in [0.2, 0.25) is 0 Å². The van der Waals surface area contributed by atoms with E-state index in [1.165, 1.54) is 0 Å². The molecule has 1 aliphatic rings. The van der Waals surface area contributed by atoms with Crippen molar-refractivity contribution in [2.24, 2.45) is 0 Å². The maximum atomic E-state index is 12.9. The number of aromatic nitrogens is 4. The minimum absolute atomic E-state index is 0.0188. The molecule has 2 N–H and O–H groups in total. The van der Waals surface area contributed by atoms with Crippen LogP contribution in [0.2, 0.25) is 0 Å². The topological polar surface area (TPSA) is 119 Å². The number of carbonyl (C=O) groups excluding carboxylic acids is 1. The Morgan fingerprint density at radius 2 is 2.00 bits per heavy atom. The summed E-state index contributed by atoms with van der Waals surface area (Å²) in [5.74, 6) is 1.33. The van der Waals surface area contributed by atoms with Crippen LogP contribution in [0.25, 0.3) is 22.3 Å². The highest BCUT2D eigenvalue weighted by atomic mass is 32.2. The van der Waals surface area contributed by atoms with E-state index < -0.39 is 9.84 Å². The van der Waals surface area contributed by atoms with E-state index in [1.54, 1.807) is 17.9 Å². The van der Waals surface area contributed by atoms with E-state index in [4.69, 9.17) is 4.74 Å². The lowest BCUT2D eigenvalue weighted by Gasteiger charge is -2.13. The number of sulfone groups is 1. The van der Waals surface area contributed by atoms with Gasteiger partial charge in [0.1, 0.15) is 11.6 Å². The number of rotatable bonds is 7. The molecule has 34 heavy (non-hydrogen) atoms. The van der Waals surface area contributed by atoms with Gasteiger partial charge in [-0.05, 0) is 48.9 Å². The second-order valence-electron chi connectivity index (χ2n) is 8.35. The highest BCUT2D eigenvalue weighted by Gasteiger charge is 2.32. The number of H-pyrrole nitrogens is 1. The monoisotopic (exact) mass is 479 g/mol. The number of hydrogen-bond donors (Lipinski definition) is 2. The summed E-state index contributed by atoms with van der Waals surface area (Å²) in [5.41, 5.74) is 3.63. The Hall–Kier alpha value is -3.66. The zero-order valence-corrected chi connectivity index (χ0v) is 19.5. The molecule has 1 aliphatic heterocycles. The van der Waals surface area contributed by atoms with Gasteiger partial charge in [0, 0.05) is 18.5 Å². The van der Waals surface area contributed by atoms with Gasteiger partial charge in [0.25, 0.3) is 5.91 Å². The first-order valence-corrected chi connectivity index (χ1v) is 12.9. The maximum absolute atomic E-state index is 12.9. The number of benzene rings is 2. The van der Waals surface area contributed by atoms with Gasteiger partial charge in [-0.3, -0.25) is 9.48 Å². The number of methoxy groups -OCH3 is 1. The normalized spacial score (nSPS) is 17.1. The zero-order chi connectivity index (χ0) is 23.7. The summed E-state index contributed by atoms with van der Waals surface area (Å²) >= 11 is 0. The van der Waals surface area contributed by atoms with Gasteiger partial charge in [0.05, 0.1) is 41.4 Å². The molecule has 0 saturated carbocycles. The van der Waals surface area contributed by atoms with Crippen molar-refractivity contribution < 1.29 is 17.9 Å². The minimum Gasteiger partial charge on any atom is -0.497 e. The van der Waals surface area contributed by atoms with Crippen LogP contribution in [0.15, 0.2) is 54.6 Å². The van der Waals surface area contributed by atoms with Gasteiger partial charge in [-0.15, -0.1) is 0 Å². The van der Waals surface area contributed by atoms with Crippen molar-refractivity contribution in [3.05, 3.63) is 66.1 Å². The SMILES string of the molecule is COc1ccc(-c2cc(C(=O)NCCc3nc4ccccc4[nH]3)nn2C2CCS(=O)(=O)C2)cc1. The first kappa shape index (κ1) is 22.1. The molecule has 0 spiro atoms. The van der Waals surface area contributed by atoms with E-state index in [0.29, 0.717) is 30.8 Å². The zero-order valence-electron chi connectivity index (χ0n) is 18.7. The number of carbonyl (C=O) groups is 1. The summed E-state index contributed by atoms with van der Waals surface area (Å²) in [6.45, 7) is 0.390. The van der Waals surface area contributed by atoms with Crippen molar-refractivity contribution in [3.8, 4) is 17.0 Å². The van der Waals surface area contributed by atoms with Gasteiger partial charge < -0.3 is 15.0 Å². The van der Waals surface area contributed by atoms with E-state index in [0.717, 1.165) is 22.4 Å². The molecule has 0 aliphatic carbocycles. The van der Waals surface area contributed by atoms with Crippen LogP contribution in [0.3, 0.4) is 0 Å². The van der Waals surface area contributed by atoms with Crippen LogP contribution in [0, 0.1) is 0 Å². The van der Waals surface area contributed by atoms with Crippen LogP contribution < -0.4 is 10.1 Å². The third-order valence-corrected chi connectivity index (χ3v) is 7.74. The summed E-state index contributed by atoms with van der Waals surface area (Å²) in [4.78, 5) is 20.7. The second kappa shape index (κ2) is 8.94. The summed E-state index contributed by atoms with van der Waals surface area (Å²) in [6, 6.07) is 16.6. The van der Waals surface area contributed by atoms with E-state index in [9.17, 15) is 13.2 Å². The number of nitrogens with zero attached hydrogens (tertiary/aromatic N) is 3. The van der Waals surface area contributed by atoms with Gasteiger partial charge in [-0.25, -0.2) is 13.4 Å². The Kier molecular flexibility index (Phi) is 5.82. The average molecular weight is 480 g/mol. The van der Waals surface area contributed by atoms with Gasteiger partial charge in [0.15, 0.2) is 15.5 Å². The second-order valence-corrected chi connectivity index (χ2v) is 10.6. The first-order valence-electron chi connectivity index (χ1n) is 11.1. The number of para-hydroxylation sites is 2. The van der Waals surface area contributed by atoms with E-state index in [2.05, 4.69) is 20.4 Å². The number of amides is 1. The van der Waals surface area contributed by atoms with Crippen molar-refractivity contribution in [1.82, 2.24) is 25.1 Å². The lowest BCUT2D eigenvalue weighted by molar-refractivity contribution is 0.0948. The third kappa shape index (κ3) is 4.54. The minimum atomic E-state index is -3.11. The van der Waals surface area contributed by atoms with Crippen LogP contribution in [0.5, 0.6) is 5.75 Å². The largest absolute Gasteiger partial charge is 0.497 e. The number of nitrogens with one attached hydrogen (secondary N) is 2. The molecule has 0 bridgehead atoms. The molecule has 4 aromatic rings. The summed E-state index contributed by atoms with van der Waals surface area (Å²) in [5, 5.41) is 7.42. The van der Waals surface area contributed by atoms with E-state index in [-0.39, 0.29) is 29.1 Å². The van der Waals surface area contributed by atoms with Crippen LogP contribution in [0.1, 0.15) is 28.8 Å². The molecule has 176 valence electrons. The molecule has 0 radical (unpaired) electrons.